The van der Waals surface area contributed by atoms with Crippen LogP contribution in [-0.2, 0) is 41.1 Å². The molecule has 25 heteroatoms. The van der Waals surface area contributed by atoms with E-state index in [1.807, 2.05) is 0 Å². The molecular formula is C15H20N5O17P3-4. The number of phosphoric acid groups is 3. The minimum Gasteiger partial charge on any atom is -0.790 e. The third-order valence-electron chi connectivity index (χ3n) is 5.55. The van der Waals surface area contributed by atoms with Gasteiger partial charge in [-0.2, -0.15) is 0 Å². The van der Waals surface area contributed by atoms with Gasteiger partial charge in [0.1, 0.15) is 48.5 Å². The Labute approximate surface area is 222 Å². The SMILES string of the molecule is Nc1ncnc2c1ncn2[C@@H]1O[C@H](COP(=O)([O-])OP(=O)([O-])OC2O[C@H](CO)[C@@H](O)[C@H]2O)[C@@H](O)[C@H]1OP(=O)([O-])[O-]. The van der Waals surface area contributed by atoms with Gasteiger partial charge in [-0.15, -0.1) is 0 Å². The number of aliphatic hydroxyl groups is 4. The van der Waals surface area contributed by atoms with E-state index in [9.17, 15) is 48.6 Å². The number of hydrogen-bond acceptors (Lipinski definition) is 21. The van der Waals surface area contributed by atoms with Gasteiger partial charge in [0.2, 0.25) is 0 Å². The van der Waals surface area contributed by atoms with Gasteiger partial charge in [-0.1, -0.05) is 0 Å². The van der Waals surface area contributed by atoms with Crippen molar-refractivity contribution in [2.45, 2.75) is 49.1 Å². The molecule has 0 aromatic carbocycles. The van der Waals surface area contributed by atoms with Crippen LogP contribution in [0.5, 0.6) is 0 Å². The number of aliphatic hydroxyl groups excluding tert-OH is 4. The van der Waals surface area contributed by atoms with Crippen molar-refractivity contribution in [3.05, 3.63) is 12.7 Å². The molecule has 3 unspecified atom stereocenters. The van der Waals surface area contributed by atoms with Crippen LogP contribution >= 0.6 is 23.5 Å². The van der Waals surface area contributed by atoms with E-state index in [0.717, 1.165) is 17.2 Å². The summed E-state index contributed by atoms with van der Waals surface area (Å²) in [5, 5.41) is 38.9. The molecule has 0 radical (unpaired) electrons. The normalized spacial score (nSPS) is 34.2. The lowest BCUT2D eigenvalue weighted by atomic mass is 10.1. The van der Waals surface area contributed by atoms with E-state index in [0.29, 0.717) is 0 Å². The monoisotopic (exact) mass is 635 g/mol. The Morgan fingerprint density at radius 2 is 1.65 bits per heavy atom. The van der Waals surface area contributed by atoms with Crippen molar-refractivity contribution < 1.29 is 81.1 Å². The summed E-state index contributed by atoms with van der Waals surface area (Å²) in [5.41, 5.74) is 5.65. The molecule has 10 atom stereocenters. The van der Waals surface area contributed by atoms with Gasteiger partial charge < -0.3 is 68.8 Å². The summed E-state index contributed by atoms with van der Waals surface area (Å²) in [5.74, 6) is -0.0939. The van der Waals surface area contributed by atoms with Gasteiger partial charge in [0.05, 0.1) is 27.4 Å². The number of aromatic nitrogens is 4. The molecule has 0 bridgehead atoms. The van der Waals surface area contributed by atoms with E-state index < -0.39 is 85.8 Å². The van der Waals surface area contributed by atoms with E-state index in [-0.39, 0.29) is 17.0 Å². The molecule has 2 aromatic rings. The van der Waals surface area contributed by atoms with Gasteiger partial charge in [-0.05, 0) is 0 Å². The minimum atomic E-state index is -5.88. The molecule has 0 aliphatic carbocycles. The van der Waals surface area contributed by atoms with Crippen molar-refractivity contribution in [2.75, 3.05) is 18.9 Å². The zero-order valence-electron chi connectivity index (χ0n) is 19.5. The highest BCUT2D eigenvalue weighted by molar-refractivity contribution is 7.59. The highest BCUT2D eigenvalue weighted by Gasteiger charge is 2.48. The maximum atomic E-state index is 12.2. The predicted molar refractivity (Wildman–Crippen MR) is 113 cm³/mol. The first-order valence-electron chi connectivity index (χ1n) is 10.8. The Morgan fingerprint density at radius 3 is 2.27 bits per heavy atom. The number of nitrogens with two attached hydrogens (primary N) is 1. The van der Waals surface area contributed by atoms with Gasteiger partial charge in [0.25, 0.3) is 15.6 Å². The number of fused-ring (bicyclic) bond motifs is 1. The number of ether oxygens (including phenoxy) is 2. The van der Waals surface area contributed by atoms with Crippen LogP contribution in [0.2, 0.25) is 0 Å². The maximum Gasteiger partial charge on any atom is 0.276 e. The van der Waals surface area contributed by atoms with Crippen LogP contribution in [0.4, 0.5) is 5.82 Å². The lowest BCUT2D eigenvalue weighted by molar-refractivity contribution is -0.347. The third-order valence-corrected chi connectivity index (χ3v) is 8.59. The number of imidazole rings is 1. The largest absolute Gasteiger partial charge is 0.790 e. The second-order valence-electron chi connectivity index (χ2n) is 8.24. The van der Waals surface area contributed by atoms with Gasteiger partial charge in [-0.25, -0.2) is 19.3 Å². The standard InChI is InChI=1S/C15H24N5O17P3/c16-12-7-13(18-3-17-12)20(4-19-7)14-11(35-38(25,26)27)9(23)6(33-14)2-32-39(28,29)37-40(30,31)36-15-10(24)8(22)5(1-21)34-15/h3-6,8-11,14-15,21-24H,1-2H2,(H,28,29)(H,30,31)(H2,16,17,18)(H2,25,26,27)/p-4/t5-,6-,8-,9-,10-,11-,14-,15?/m1/s1. The summed E-state index contributed by atoms with van der Waals surface area (Å²) in [7, 11) is -17.5. The van der Waals surface area contributed by atoms with E-state index in [2.05, 4.69) is 32.8 Å². The molecule has 2 aromatic heterocycles. The maximum absolute atomic E-state index is 12.2. The fraction of sp³-hybridized carbons (Fsp3) is 0.667. The summed E-state index contributed by atoms with van der Waals surface area (Å²) in [6.45, 7) is -2.05. The molecule has 2 aliphatic rings. The molecule has 2 saturated heterocycles. The fourth-order valence-electron chi connectivity index (χ4n) is 3.81. The molecule has 2 fully saturated rings. The summed E-state index contributed by atoms with van der Waals surface area (Å²) in [6.07, 6.45) is -12.9. The summed E-state index contributed by atoms with van der Waals surface area (Å²) < 4.78 is 63.7. The lowest BCUT2D eigenvalue weighted by Gasteiger charge is -2.34. The average molecular weight is 635 g/mol. The summed E-state index contributed by atoms with van der Waals surface area (Å²) in [6, 6.07) is 0. The van der Waals surface area contributed by atoms with Crippen LogP contribution < -0.4 is 25.3 Å². The Morgan fingerprint density at radius 1 is 0.950 bits per heavy atom. The number of nitrogen functional groups attached to an aromatic ring is 1. The molecule has 22 nitrogen and oxygen atoms in total. The Hall–Kier alpha value is -1.52. The highest BCUT2D eigenvalue weighted by Crippen LogP contribution is 2.57. The molecule has 4 heterocycles. The first kappa shape index (κ1) is 31.4. The number of anilines is 1. The van der Waals surface area contributed by atoms with Crippen LogP contribution in [0.1, 0.15) is 6.23 Å². The first-order valence-corrected chi connectivity index (χ1v) is 15.2. The van der Waals surface area contributed by atoms with Crippen molar-refractivity contribution >= 4 is 40.4 Å². The predicted octanol–water partition coefficient (Wildman–Crippen LogP) is -5.69. The first-order chi connectivity index (χ1) is 18.5. The molecule has 0 spiro atoms. The zero-order valence-corrected chi connectivity index (χ0v) is 22.2. The Kier molecular flexibility index (Phi) is 9.14. The van der Waals surface area contributed by atoms with E-state index in [1.54, 1.807) is 0 Å². The van der Waals surface area contributed by atoms with Crippen molar-refractivity contribution in [3.8, 4) is 0 Å². The van der Waals surface area contributed by atoms with Crippen molar-refractivity contribution in [3.63, 3.8) is 0 Å². The van der Waals surface area contributed by atoms with Gasteiger partial charge in [0, 0.05) is 0 Å². The molecule has 0 amide bonds. The Bertz CT molecular complexity index is 1360. The molecule has 0 saturated carbocycles. The molecular weight excluding hydrogens is 615 g/mol. The second kappa shape index (κ2) is 11.6. The van der Waals surface area contributed by atoms with Crippen molar-refractivity contribution in [1.82, 2.24) is 19.5 Å². The quantitative estimate of drug-likeness (QED) is 0.144. The van der Waals surface area contributed by atoms with E-state index >= 15 is 0 Å². The van der Waals surface area contributed by atoms with Crippen LogP contribution in [0.15, 0.2) is 12.7 Å². The van der Waals surface area contributed by atoms with E-state index in [4.69, 9.17) is 20.3 Å². The van der Waals surface area contributed by atoms with E-state index in [1.165, 1.54) is 0 Å². The van der Waals surface area contributed by atoms with Crippen LogP contribution in [0.25, 0.3) is 11.2 Å². The third kappa shape index (κ3) is 6.92. The molecule has 226 valence electrons. The summed E-state index contributed by atoms with van der Waals surface area (Å²) >= 11 is 0. The van der Waals surface area contributed by atoms with Crippen LogP contribution in [0, 0.1) is 0 Å². The second-order valence-corrected chi connectivity index (χ2v) is 12.3. The molecule has 4 rings (SSSR count). The number of rotatable bonds is 11. The number of nitrogens with zero attached hydrogens (tertiary/aromatic N) is 4. The van der Waals surface area contributed by atoms with Crippen LogP contribution in [-0.4, -0.2) is 96.1 Å². The topological polar surface area (TPSA) is 349 Å². The van der Waals surface area contributed by atoms with Gasteiger partial charge >= 0.3 is 0 Å². The molecule has 40 heavy (non-hydrogen) atoms. The lowest BCUT2D eigenvalue weighted by Crippen LogP contribution is -2.37. The van der Waals surface area contributed by atoms with Crippen molar-refractivity contribution in [2.24, 2.45) is 0 Å². The molecule has 2 aliphatic heterocycles. The number of hydrogen-bond donors (Lipinski definition) is 5. The number of phosphoric ester groups is 3. The van der Waals surface area contributed by atoms with Crippen molar-refractivity contribution in [1.29, 1.82) is 0 Å². The highest BCUT2D eigenvalue weighted by atomic mass is 31.3. The van der Waals surface area contributed by atoms with Crippen LogP contribution in [0.3, 0.4) is 0 Å². The minimum absolute atomic E-state index is 0.0179. The molecule has 6 N–H and O–H groups in total. The average Bonchev–Trinajstić information content (AvgIpc) is 3.47. The Balaban J connectivity index is 1.46. The smallest absolute Gasteiger partial charge is 0.276 e. The fourth-order valence-corrected chi connectivity index (χ4v) is 6.42. The van der Waals surface area contributed by atoms with Gasteiger partial charge in [-0.3, -0.25) is 18.2 Å². The zero-order chi connectivity index (χ0) is 29.6. The van der Waals surface area contributed by atoms with Gasteiger partial charge in [0.15, 0.2) is 24.0 Å². The summed E-state index contributed by atoms with van der Waals surface area (Å²) in [4.78, 5) is 58.3.